The van der Waals surface area contributed by atoms with Gasteiger partial charge in [0.25, 0.3) is 11.8 Å². The summed E-state index contributed by atoms with van der Waals surface area (Å²) >= 11 is 0. The van der Waals surface area contributed by atoms with Crippen LogP contribution < -0.4 is 20.7 Å². The largest absolute Gasteiger partial charge is 0.474 e. The molecule has 0 unspecified atom stereocenters. The molecule has 6 rings (SSSR count). The van der Waals surface area contributed by atoms with Crippen LogP contribution in [0.4, 0.5) is 14.5 Å². The molecule has 0 aliphatic carbocycles. The molecule has 0 radical (unpaired) electrons. The molecule has 11 heteroatoms. The normalized spacial score (nSPS) is 17.6. The predicted molar refractivity (Wildman–Crippen MR) is 163 cm³/mol. The van der Waals surface area contributed by atoms with Crippen molar-refractivity contribution in [2.45, 2.75) is 58.6 Å². The summed E-state index contributed by atoms with van der Waals surface area (Å²) in [6.07, 6.45) is -1.01. The Morgan fingerprint density at radius 2 is 1.86 bits per heavy atom. The Morgan fingerprint density at radius 1 is 1.07 bits per heavy atom. The van der Waals surface area contributed by atoms with Crippen molar-refractivity contribution in [1.29, 1.82) is 0 Å². The Labute approximate surface area is 253 Å². The number of fused-ring (bicyclic) bond motifs is 2. The molecule has 2 aliphatic rings. The lowest BCUT2D eigenvalue weighted by Gasteiger charge is -2.22. The first-order valence-electron chi connectivity index (χ1n) is 14.5. The second kappa shape index (κ2) is 12.0. The Morgan fingerprint density at radius 3 is 2.61 bits per heavy atom. The second-order valence-corrected chi connectivity index (χ2v) is 11.2. The molecular formula is C33H32F2N6O3. The molecule has 1 aromatic heterocycles. The van der Waals surface area contributed by atoms with Crippen molar-refractivity contribution in [3.8, 4) is 17.1 Å². The molecule has 0 bridgehead atoms. The van der Waals surface area contributed by atoms with E-state index in [-0.39, 0.29) is 40.5 Å². The van der Waals surface area contributed by atoms with Crippen molar-refractivity contribution in [3.05, 3.63) is 101 Å². The molecule has 4 aromatic rings. The molecule has 3 heterocycles. The number of hydrogen-bond acceptors (Lipinski definition) is 6. The number of aryl methyl sites for hydroxylation is 1. The number of aliphatic imine (C=N–C) groups is 1. The number of amides is 2. The minimum atomic E-state index is -1.44. The van der Waals surface area contributed by atoms with E-state index in [2.05, 4.69) is 26.0 Å². The van der Waals surface area contributed by atoms with Gasteiger partial charge in [-0.2, -0.15) is 5.10 Å². The molecule has 44 heavy (non-hydrogen) atoms. The average molecular weight is 599 g/mol. The highest BCUT2D eigenvalue weighted by Crippen LogP contribution is 2.36. The minimum absolute atomic E-state index is 0.0132. The first-order chi connectivity index (χ1) is 21.2. The van der Waals surface area contributed by atoms with Gasteiger partial charge in [0.1, 0.15) is 22.9 Å². The molecule has 2 amide bonds. The third-order valence-corrected chi connectivity index (χ3v) is 7.53. The van der Waals surface area contributed by atoms with E-state index in [1.54, 1.807) is 42.5 Å². The van der Waals surface area contributed by atoms with Gasteiger partial charge in [-0.05, 0) is 30.7 Å². The van der Waals surface area contributed by atoms with Gasteiger partial charge < -0.3 is 20.7 Å². The first-order valence-corrected chi connectivity index (χ1v) is 14.5. The second-order valence-electron chi connectivity index (χ2n) is 11.2. The van der Waals surface area contributed by atoms with Gasteiger partial charge in [0.15, 0.2) is 0 Å². The zero-order valence-electron chi connectivity index (χ0n) is 24.5. The lowest BCUT2D eigenvalue weighted by Crippen LogP contribution is -2.42. The summed E-state index contributed by atoms with van der Waals surface area (Å²) in [5, 5.41) is 13.1. The molecule has 0 saturated heterocycles. The maximum absolute atomic E-state index is 15.6. The van der Waals surface area contributed by atoms with Gasteiger partial charge >= 0.3 is 0 Å². The minimum Gasteiger partial charge on any atom is -0.474 e. The number of anilines is 1. The Bertz CT molecular complexity index is 1770. The SMILES string of the molecule is CC(C)NCc1ccc(-c2nn3c(c2C(=O)N[C@H]2N=C(c4ccccc4)c4cccc(F)c4NC2=O)O[C@H](C)CC3)c(F)c1. The average Bonchev–Trinajstić information content (AvgIpc) is 3.31. The van der Waals surface area contributed by atoms with Gasteiger partial charge in [0, 0.05) is 42.2 Å². The molecule has 3 N–H and O–H groups in total. The Kier molecular flexibility index (Phi) is 7.96. The van der Waals surface area contributed by atoms with E-state index in [1.807, 2.05) is 26.8 Å². The zero-order chi connectivity index (χ0) is 31.0. The number of halogens is 2. The number of carbonyl (C=O) groups is 2. The summed E-state index contributed by atoms with van der Waals surface area (Å²) in [4.78, 5) is 32.0. The molecule has 3 aromatic carbocycles. The van der Waals surface area contributed by atoms with Gasteiger partial charge in [-0.25, -0.2) is 18.5 Å². The fourth-order valence-electron chi connectivity index (χ4n) is 5.26. The fourth-order valence-corrected chi connectivity index (χ4v) is 5.26. The number of nitrogens with one attached hydrogen (secondary N) is 3. The Hall–Kier alpha value is -4.90. The summed E-state index contributed by atoms with van der Waals surface area (Å²) in [5.74, 6) is -2.47. The van der Waals surface area contributed by atoms with Crippen molar-refractivity contribution >= 4 is 23.2 Å². The van der Waals surface area contributed by atoms with Gasteiger partial charge in [-0.3, -0.25) is 9.59 Å². The van der Waals surface area contributed by atoms with Crippen molar-refractivity contribution in [2.24, 2.45) is 4.99 Å². The third-order valence-electron chi connectivity index (χ3n) is 7.53. The van der Waals surface area contributed by atoms with Crippen LogP contribution >= 0.6 is 0 Å². The van der Waals surface area contributed by atoms with Gasteiger partial charge in [-0.15, -0.1) is 0 Å². The van der Waals surface area contributed by atoms with E-state index in [0.29, 0.717) is 36.3 Å². The highest BCUT2D eigenvalue weighted by molar-refractivity contribution is 6.20. The molecule has 2 aliphatic heterocycles. The van der Waals surface area contributed by atoms with E-state index < -0.39 is 29.6 Å². The molecule has 9 nitrogen and oxygen atoms in total. The fraction of sp³-hybridized carbons (Fsp3) is 0.273. The van der Waals surface area contributed by atoms with Crippen LogP contribution in [0.1, 0.15) is 54.2 Å². The number of aromatic nitrogens is 2. The molecule has 2 atom stereocenters. The van der Waals surface area contributed by atoms with Crippen LogP contribution in [0, 0.1) is 11.6 Å². The predicted octanol–water partition coefficient (Wildman–Crippen LogP) is 5.04. The topological polar surface area (TPSA) is 110 Å². The monoisotopic (exact) mass is 598 g/mol. The standard InChI is InChI=1S/C33H32F2N6O3/c1-18(2)36-17-20-12-13-22(25(35)16-20)29-26(33-41(40-29)15-14-19(3)44-33)31(42)39-30-32(43)38-28-23(10-7-11-24(28)34)27(37-30)21-8-5-4-6-9-21/h4-13,16,18-19,30,36H,14-15,17H2,1-3H3,(H,38,43)(H,39,42)/t19-,30-/m1/s1. The molecule has 226 valence electrons. The van der Waals surface area contributed by atoms with E-state index in [0.717, 1.165) is 5.56 Å². The number of benzodiazepines with no additional fused rings is 1. The summed E-state index contributed by atoms with van der Waals surface area (Å²) in [5.41, 5.74) is 2.22. The van der Waals surface area contributed by atoms with Crippen LogP contribution in [0.3, 0.4) is 0 Å². The van der Waals surface area contributed by atoms with Crippen LogP contribution in [-0.2, 0) is 17.9 Å². The zero-order valence-corrected chi connectivity index (χ0v) is 24.5. The first kappa shape index (κ1) is 29.2. The van der Waals surface area contributed by atoms with E-state index in [1.165, 1.54) is 22.9 Å². The lowest BCUT2D eigenvalue weighted by molar-refractivity contribution is -0.117. The number of nitrogens with zero attached hydrogens (tertiary/aromatic N) is 3. The number of para-hydroxylation sites is 1. The highest BCUT2D eigenvalue weighted by Gasteiger charge is 2.35. The summed E-state index contributed by atoms with van der Waals surface area (Å²) in [6, 6.07) is 18.4. The van der Waals surface area contributed by atoms with Crippen LogP contribution in [-0.4, -0.2) is 45.6 Å². The highest BCUT2D eigenvalue weighted by atomic mass is 19.1. The van der Waals surface area contributed by atoms with E-state index in [9.17, 15) is 14.0 Å². The van der Waals surface area contributed by atoms with Crippen molar-refractivity contribution in [2.75, 3.05) is 5.32 Å². The van der Waals surface area contributed by atoms with E-state index in [4.69, 9.17) is 4.74 Å². The van der Waals surface area contributed by atoms with Crippen LogP contribution in [0.25, 0.3) is 11.3 Å². The van der Waals surface area contributed by atoms with E-state index >= 15 is 4.39 Å². The maximum Gasteiger partial charge on any atom is 0.269 e. The quantitative estimate of drug-likeness (QED) is 0.276. The smallest absolute Gasteiger partial charge is 0.269 e. The van der Waals surface area contributed by atoms with Crippen LogP contribution in [0.5, 0.6) is 5.88 Å². The summed E-state index contributed by atoms with van der Waals surface area (Å²) in [7, 11) is 0. The number of carbonyl (C=O) groups excluding carboxylic acids is 2. The number of ether oxygens (including phenoxy) is 1. The van der Waals surface area contributed by atoms with Gasteiger partial charge in [0.2, 0.25) is 12.0 Å². The van der Waals surface area contributed by atoms with Gasteiger partial charge in [0.05, 0.1) is 17.5 Å². The number of benzene rings is 3. The lowest BCUT2D eigenvalue weighted by atomic mass is 10.0. The maximum atomic E-state index is 15.6. The van der Waals surface area contributed by atoms with Crippen molar-refractivity contribution < 1.29 is 23.1 Å². The van der Waals surface area contributed by atoms with Gasteiger partial charge in [-0.1, -0.05) is 62.4 Å². The van der Waals surface area contributed by atoms with Crippen molar-refractivity contribution in [3.63, 3.8) is 0 Å². The number of hydrogen-bond donors (Lipinski definition) is 3. The molecule has 0 saturated carbocycles. The molecule has 0 fully saturated rings. The number of rotatable bonds is 7. The van der Waals surface area contributed by atoms with Crippen LogP contribution in [0.2, 0.25) is 0 Å². The summed E-state index contributed by atoms with van der Waals surface area (Å²) in [6.45, 7) is 6.81. The third kappa shape index (κ3) is 5.70. The van der Waals surface area contributed by atoms with Crippen molar-refractivity contribution in [1.82, 2.24) is 20.4 Å². The molecule has 0 spiro atoms. The summed E-state index contributed by atoms with van der Waals surface area (Å²) < 4.78 is 38.1. The molecular weight excluding hydrogens is 566 g/mol. The van der Waals surface area contributed by atoms with Crippen LogP contribution in [0.15, 0.2) is 71.7 Å². The Balaban J connectivity index is 1.40.